The lowest BCUT2D eigenvalue weighted by molar-refractivity contribution is 0.102. The van der Waals surface area contributed by atoms with E-state index in [0.29, 0.717) is 34.1 Å². The van der Waals surface area contributed by atoms with E-state index in [1.165, 1.54) is 25.3 Å². The molecule has 3 aromatic heterocycles. The summed E-state index contributed by atoms with van der Waals surface area (Å²) < 4.78 is 35.4. The number of hydrogen-bond donors (Lipinski definition) is 1. The lowest BCUT2D eigenvalue weighted by atomic mass is 9.86. The summed E-state index contributed by atoms with van der Waals surface area (Å²) in [6, 6.07) is 18.1. The van der Waals surface area contributed by atoms with Gasteiger partial charge in [0, 0.05) is 49.2 Å². The second kappa shape index (κ2) is 12.1. The van der Waals surface area contributed by atoms with Crippen molar-refractivity contribution in [3.63, 3.8) is 0 Å². The minimum Gasteiger partial charge on any atom is -0.497 e. The van der Waals surface area contributed by atoms with Gasteiger partial charge in [-0.3, -0.25) is 14.8 Å². The van der Waals surface area contributed by atoms with Gasteiger partial charge in [-0.25, -0.2) is 13.8 Å². The fraction of sp³-hybridized carbons (Fsp3) is 0.206. The van der Waals surface area contributed by atoms with Gasteiger partial charge in [0.2, 0.25) is 0 Å². The first-order valence-corrected chi connectivity index (χ1v) is 13.8. The number of anilines is 2. The van der Waals surface area contributed by atoms with Crippen LogP contribution in [0.3, 0.4) is 0 Å². The van der Waals surface area contributed by atoms with Crippen LogP contribution in [0.1, 0.15) is 41.0 Å². The third kappa shape index (κ3) is 6.03. The molecular weight excluding hydrogens is 562 g/mol. The molecule has 0 bridgehead atoms. The normalized spacial score (nSPS) is 11.2. The summed E-state index contributed by atoms with van der Waals surface area (Å²) in [5, 5.41) is 12.6. The molecule has 2 aromatic carbocycles. The van der Waals surface area contributed by atoms with Crippen molar-refractivity contribution in [1.82, 2.24) is 15.0 Å². The summed E-state index contributed by atoms with van der Waals surface area (Å²) in [6.07, 6.45) is 4.67. The third-order valence-electron chi connectivity index (χ3n) is 7.53. The van der Waals surface area contributed by atoms with Gasteiger partial charge in [-0.2, -0.15) is 5.26 Å². The first kappa shape index (κ1) is 30.0. The lowest BCUT2D eigenvalue weighted by Gasteiger charge is -2.19. The summed E-state index contributed by atoms with van der Waals surface area (Å²) >= 11 is 0. The number of hydrogen-bond acceptors (Lipinski definition) is 7. The molecule has 0 aliphatic carbocycles. The SMILES string of the molecule is COc1ccc(CN(C)c2cc3ncc(-c4cc(NC(=O)c5cc(C(C)(C)C#N)ccn5)c(F)c(F)c4C)cc3cn2)cc1. The average molecular weight is 593 g/mol. The zero-order valence-corrected chi connectivity index (χ0v) is 24.9. The Morgan fingerprint density at radius 3 is 2.48 bits per heavy atom. The molecule has 3 heterocycles. The van der Waals surface area contributed by atoms with Gasteiger partial charge in [0.15, 0.2) is 11.6 Å². The molecule has 0 fully saturated rings. The number of pyridine rings is 3. The number of carbonyl (C=O) groups is 1. The number of fused-ring (bicyclic) bond motifs is 1. The van der Waals surface area contributed by atoms with E-state index < -0.39 is 23.0 Å². The number of nitriles is 1. The van der Waals surface area contributed by atoms with E-state index in [-0.39, 0.29) is 16.9 Å². The van der Waals surface area contributed by atoms with Gasteiger partial charge in [-0.05, 0) is 79.4 Å². The first-order chi connectivity index (χ1) is 21.0. The standard InChI is InChI=1S/C34H30F2N6O2/c1-20-26(14-28(32(36)31(20)35)41-33(43)29-13-24(10-11-38-29)34(2,3)19-37)22-12-23-17-40-30(15-27(23)39-16-22)42(4)18-21-6-8-25(44-5)9-7-21/h6-17H,18H2,1-5H3,(H,41,43). The highest BCUT2D eigenvalue weighted by atomic mass is 19.2. The van der Waals surface area contributed by atoms with Crippen molar-refractivity contribution >= 4 is 28.3 Å². The van der Waals surface area contributed by atoms with Crippen molar-refractivity contribution in [2.45, 2.75) is 32.7 Å². The number of nitrogens with zero attached hydrogens (tertiary/aromatic N) is 5. The van der Waals surface area contributed by atoms with E-state index in [1.54, 1.807) is 45.5 Å². The van der Waals surface area contributed by atoms with Crippen LogP contribution in [-0.4, -0.2) is 35.0 Å². The maximum Gasteiger partial charge on any atom is 0.274 e. The minimum absolute atomic E-state index is 0.0287. The molecule has 222 valence electrons. The van der Waals surface area contributed by atoms with E-state index in [2.05, 4.69) is 26.3 Å². The topological polar surface area (TPSA) is 104 Å². The number of benzene rings is 2. The molecule has 8 nitrogen and oxygen atoms in total. The Morgan fingerprint density at radius 1 is 1.02 bits per heavy atom. The third-order valence-corrected chi connectivity index (χ3v) is 7.53. The largest absolute Gasteiger partial charge is 0.497 e. The Balaban J connectivity index is 1.41. The minimum atomic E-state index is -1.19. The summed E-state index contributed by atoms with van der Waals surface area (Å²) in [5.74, 6) is -1.50. The number of carbonyl (C=O) groups excluding carboxylic acids is 1. The van der Waals surface area contributed by atoms with E-state index in [4.69, 9.17) is 4.74 Å². The Kier molecular flexibility index (Phi) is 8.23. The van der Waals surface area contributed by atoms with Crippen molar-refractivity contribution < 1.29 is 18.3 Å². The highest BCUT2D eigenvalue weighted by molar-refractivity contribution is 6.03. The molecule has 5 rings (SSSR count). The zero-order valence-electron chi connectivity index (χ0n) is 24.9. The van der Waals surface area contributed by atoms with Crippen molar-refractivity contribution in [2.75, 3.05) is 24.4 Å². The predicted octanol–water partition coefficient (Wildman–Crippen LogP) is 6.98. The molecule has 0 saturated heterocycles. The van der Waals surface area contributed by atoms with Gasteiger partial charge in [0.05, 0.1) is 29.8 Å². The molecule has 0 unspecified atom stereocenters. The monoisotopic (exact) mass is 592 g/mol. The fourth-order valence-corrected chi connectivity index (χ4v) is 4.76. The molecule has 44 heavy (non-hydrogen) atoms. The van der Waals surface area contributed by atoms with Crippen LogP contribution in [0.25, 0.3) is 22.0 Å². The van der Waals surface area contributed by atoms with Crippen molar-refractivity contribution in [3.05, 3.63) is 107 Å². The molecule has 10 heteroatoms. The molecular formula is C34H30F2N6O2. The Hall–Kier alpha value is -5.43. The molecule has 1 amide bonds. The lowest BCUT2D eigenvalue weighted by Crippen LogP contribution is -2.19. The van der Waals surface area contributed by atoms with Gasteiger partial charge in [-0.1, -0.05) is 12.1 Å². The molecule has 0 saturated carbocycles. The highest BCUT2D eigenvalue weighted by Gasteiger charge is 2.23. The number of halogens is 2. The molecule has 0 spiro atoms. The van der Waals surface area contributed by atoms with Crippen LogP contribution in [0.2, 0.25) is 0 Å². The smallest absolute Gasteiger partial charge is 0.274 e. The maximum absolute atomic E-state index is 15.1. The van der Waals surface area contributed by atoms with Gasteiger partial charge in [-0.15, -0.1) is 0 Å². The van der Waals surface area contributed by atoms with Crippen LogP contribution in [0.15, 0.2) is 73.2 Å². The molecule has 0 aliphatic heterocycles. The van der Waals surface area contributed by atoms with E-state index >= 15 is 8.78 Å². The van der Waals surface area contributed by atoms with E-state index in [0.717, 1.165) is 17.1 Å². The molecule has 0 radical (unpaired) electrons. The number of aromatic nitrogens is 3. The van der Waals surface area contributed by atoms with E-state index in [9.17, 15) is 10.1 Å². The summed E-state index contributed by atoms with van der Waals surface area (Å²) in [6.45, 7) is 5.51. The molecule has 0 aliphatic rings. The Labute approximate surface area is 254 Å². The number of nitrogens with one attached hydrogen (secondary N) is 1. The number of methoxy groups -OCH3 is 1. The zero-order chi connectivity index (χ0) is 31.6. The fourth-order valence-electron chi connectivity index (χ4n) is 4.76. The van der Waals surface area contributed by atoms with Crippen LogP contribution in [0, 0.1) is 29.9 Å². The van der Waals surface area contributed by atoms with Gasteiger partial charge in [0.1, 0.15) is 17.3 Å². The molecule has 0 atom stereocenters. The van der Waals surface area contributed by atoms with Crippen LogP contribution in [0.4, 0.5) is 20.3 Å². The summed E-state index contributed by atoms with van der Waals surface area (Å²) in [5.41, 5.74) is 2.07. The van der Waals surface area contributed by atoms with Crippen LogP contribution in [0.5, 0.6) is 5.75 Å². The Morgan fingerprint density at radius 2 is 1.77 bits per heavy atom. The van der Waals surface area contributed by atoms with Crippen molar-refractivity contribution in [1.29, 1.82) is 5.26 Å². The van der Waals surface area contributed by atoms with Crippen LogP contribution >= 0.6 is 0 Å². The van der Waals surface area contributed by atoms with Crippen LogP contribution in [-0.2, 0) is 12.0 Å². The van der Waals surface area contributed by atoms with Gasteiger partial charge in [0.25, 0.3) is 5.91 Å². The van der Waals surface area contributed by atoms with Crippen molar-refractivity contribution in [2.24, 2.45) is 0 Å². The Bertz CT molecular complexity index is 1920. The quantitative estimate of drug-likeness (QED) is 0.207. The number of ether oxygens (including phenoxy) is 1. The predicted molar refractivity (Wildman–Crippen MR) is 166 cm³/mol. The second-order valence-corrected chi connectivity index (χ2v) is 11.0. The highest BCUT2D eigenvalue weighted by Crippen LogP contribution is 2.33. The first-order valence-electron chi connectivity index (χ1n) is 13.8. The van der Waals surface area contributed by atoms with Gasteiger partial charge < -0.3 is 15.0 Å². The number of rotatable bonds is 8. The van der Waals surface area contributed by atoms with Crippen LogP contribution < -0.4 is 15.0 Å². The molecule has 1 N–H and O–H groups in total. The average Bonchev–Trinajstić information content (AvgIpc) is 3.04. The van der Waals surface area contributed by atoms with Crippen molar-refractivity contribution in [3.8, 4) is 22.9 Å². The molecule has 5 aromatic rings. The maximum atomic E-state index is 15.1. The second-order valence-electron chi connectivity index (χ2n) is 11.0. The summed E-state index contributed by atoms with van der Waals surface area (Å²) in [4.78, 5) is 28.2. The summed E-state index contributed by atoms with van der Waals surface area (Å²) in [7, 11) is 3.56. The number of amides is 1. The van der Waals surface area contributed by atoms with E-state index in [1.807, 2.05) is 42.3 Å². The van der Waals surface area contributed by atoms with Gasteiger partial charge >= 0.3 is 0 Å².